The highest BCUT2D eigenvalue weighted by molar-refractivity contribution is 5.32. The summed E-state index contributed by atoms with van der Waals surface area (Å²) in [4.78, 5) is 38.6. The largest absolute Gasteiger partial charge is 0.704 e. The fourth-order valence-corrected chi connectivity index (χ4v) is 6.54. The van der Waals surface area contributed by atoms with Gasteiger partial charge in [-0.3, -0.25) is 0 Å². The van der Waals surface area contributed by atoms with E-state index in [1.54, 1.807) is 0 Å². The predicted octanol–water partition coefficient (Wildman–Crippen LogP) is -0.945. The summed E-state index contributed by atoms with van der Waals surface area (Å²) in [6, 6.07) is -2.02. The van der Waals surface area contributed by atoms with Crippen molar-refractivity contribution in [3.63, 3.8) is 0 Å². The first kappa shape index (κ1) is 14.0. The molecule has 0 aromatic carbocycles. The van der Waals surface area contributed by atoms with Gasteiger partial charge in [0.05, 0.1) is 41.7 Å². The van der Waals surface area contributed by atoms with E-state index in [1.807, 2.05) is 12.2 Å². The van der Waals surface area contributed by atoms with Crippen molar-refractivity contribution in [2.75, 3.05) is 13.2 Å². The van der Waals surface area contributed by atoms with Gasteiger partial charge in [-0.25, -0.2) is 23.5 Å². The highest BCUT2D eigenvalue weighted by Gasteiger charge is 2.83. The number of nitrogens with zero attached hydrogens (tertiary/aromatic N) is 5. The molecule has 2 aliphatic carbocycles. The van der Waals surface area contributed by atoms with Gasteiger partial charge in [-0.2, -0.15) is 5.17 Å². The standard InChI is InChI=1S/C15H17N5O5/c1-16-12(21)17-8-2-3-9(18(17)13(16)22)15-7-25-6-14(8,15)10-4-5-11(15)20(24)19(10)23/h2-3,8-11H,4-7H2,1H3/t8-,9+,10-,11+,14-,15+. The molecule has 0 amide bonds. The first-order chi connectivity index (χ1) is 12.0. The Balaban J connectivity index is 1.76. The van der Waals surface area contributed by atoms with Crippen molar-refractivity contribution in [1.29, 1.82) is 0 Å². The molecule has 4 bridgehead atoms. The number of fused-ring (bicyclic) bond motifs is 2. The first-order valence-electron chi connectivity index (χ1n) is 8.55. The molecule has 7 aliphatic rings. The molecular formula is C15H17N5O5. The number of nitroso groups, excluding NO2 is 1. The van der Waals surface area contributed by atoms with E-state index in [2.05, 4.69) is 0 Å². The van der Waals surface area contributed by atoms with Gasteiger partial charge in [0, 0.05) is 13.5 Å². The van der Waals surface area contributed by atoms with Crippen LogP contribution in [0.5, 0.6) is 0 Å². The van der Waals surface area contributed by atoms with Crippen molar-refractivity contribution >= 4 is 0 Å². The van der Waals surface area contributed by atoms with Crippen LogP contribution in [-0.4, -0.2) is 49.3 Å². The Hall–Kier alpha value is -2.20. The molecule has 1 saturated carbocycles. The lowest BCUT2D eigenvalue weighted by Gasteiger charge is -2.66. The van der Waals surface area contributed by atoms with Crippen LogP contribution in [0.3, 0.4) is 0 Å². The smallest absolute Gasteiger partial charge is 0.347 e. The molecule has 6 heterocycles. The molecule has 0 spiro atoms. The summed E-state index contributed by atoms with van der Waals surface area (Å²) < 4.78 is 9.93. The van der Waals surface area contributed by atoms with Gasteiger partial charge >= 0.3 is 11.4 Å². The number of hydrogen-bond acceptors (Lipinski definition) is 5. The van der Waals surface area contributed by atoms with Crippen LogP contribution < -0.4 is 11.4 Å². The van der Waals surface area contributed by atoms with Gasteiger partial charge in [0.1, 0.15) is 10.3 Å². The van der Waals surface area contributed by atoms with Crippen molar-refractivity contribution in [1.82, 2.24) is 19.1 Å². The summed E-state index contributed by atoms with van der Waals surface area (Å²) in [5.74, 6) is 0. The van der Waals surface area contributed by atoms with E-state index in [4.69, 9.17) is 4.74 Å². The lowest BCUT2D eigenvalue weighted by Crippen LogP contribution is -2.79. The second-order valence-electron chi connectivity index (χ2n) is 7.88. The number of hydroxylamine groups is 1. The van der Waals surface area contributed by atoms with Gasteiger partial charge in [-0.05, 0) is 6.42 Å². The van der Waals surface area contributed by atoms with Crippen molar-refractivity contribution < 1.29 is 9.61 Å². The number of aromatic nitrogens is 3. The molecule has 6 atom stereocenters. The summed E-state index contributed by atoms with van der Waals surface area (Å²) in [6.45, 7) is 0.642. The monoisotopic (exact) mass is 347 g/mol. The summed E-state index contributed by atoms with van der Waals surface area (Å²) in [5.41, 5.74) is -2.10. The number of hydrazine groups is 1. The predicted molar refractivity (Wildman–Crippen MR) is 82.5 cm³/mol. The normalized spacial score (nSPS) is 45.7. The second-order valence-corrected chi connectivity index (χ2v) is 7.88. The molecule has 0 N–H and O–H groups in total. The molecule has 3 saturated heterocycles. The summed E-state index contributed by atoms with van der Waals surface area (Å²) >= 11 is 0. The van der Waals surface area contributed by atoms with Gasteiger partial charge in [-0.1, -0.05) is 12.2 Å². The van der Waals surface area contributed by atoms with E-state index in [0.29, 0.717) is 36.1 Å². The molecule has 4 fully saturated rings. The van der Waals surface area contributed by atoms with E-state index in [9.17, 15) is 19.7 Å². The molecule has 10 nitrogen and oxygen atoms in total. The third kappa shape index (κ3) is 1.08. The topological polar surface area (TPSA) is 105 Å². The Kier molecular flexibility index (Phi) is 2.13. The average Bonchev–Trinajstić information content (AvgIpc) is 3.15. The van der Waals surface area contributed by atoms with Crippen LogP contribution in [0.2, 0.25) is 0 Å². The molecule has 132 valence electrons. The molecule has 5 aliphatic heterocycles. The second kappa shape index (κ2) is 3.80. The highest BCUT2D eigenvalue weighted by atomic mass is 16.6. The SMILES string of the molecule is Cn1c(=O)n2n(c1=O)[C@@H]1C=C[C@H]2[C@]23COC[C@]12[C@H]1CC[C@@H]3N([O-])[N+]1=O. The quantitative estimate of drug-likeness (QED) is 0.443. The van der Waals surface area contributed by atoms with Crippen molar-refractivity contribution in [3.05, 3.63) is 43.2 Å². The van der Waals surface area contributed by atoms with E-state index >= 15 is 0 Å². The zero-order valence-electron chi connectivity index (χ0n) is 13.6. The lowest BCUT2D eigenvalue weighted by molar-refractivity contribution is -0.774. The van der Waals surface area contributed by atoms with Crippen LogP contribution in [0.1, 0.15) is 24.9 Å². The van der Waals surface area contributed by atoms with Crippen molar-refractivity contribution in [2.24, 2.45) is 17.9 Å². The van der Waals surface area contributed by atoms with E-state index in [0.717, 1.165) is 4.57 Å². The molecule has 0 radical (unpaired) electrons. The number of ether oxygens (including phenoxy) is 1. The molecular weight excluding hydrogens is 330 g/mol. The maximum atomic E-state index is 12.7. The number of allylic oxidation sites excluding steroid dienone is 2. The van der Waals surface area contributed by atoms with Crippen LogP contribution in [0.25, 0.3) is 0 Å². The minimum Gasteiger partial charge on any atom is -0.704 e. The van der Waals surface area contributed by atoms with E-state index in [-0.39, 0.29) is 0 Å². The van der Waals surface area contributed by atoms with Crippen molar-refractivity contribution in [3.8, 4) is 0 Å². The Morgan fingerprint density at radius 1 is 1.12 bits per heavy atom. The van der Waals surface area contributed by atoms with Crippen LogP contribution in [-0.2, 0) is 11.8 Å². The molecule has 25 heavy (non-hydrogen) atoms. The Morgan fingerprint density at radius 3 is 2.40 bits per heavy atom. The number of hydrogen-bond donors (Lipinski definition) is 0. The molecule has 1 aromatic heterocycles. The van der Waals surface area contributed by atoms with Gasteiger partial charge < -0.3 is 9.94 Å². The van der Waals surface area contributed by atoms with E-state index < -0.39 is 46.4 Å². The van der Waals surface area contributed by atoms with Gasteiger partial charge in [0.25, 0.3) is 0 Å². The fraction of sp³-hybridized carbons (Fsp3) is 0.733. The maximum Gasteiger partial charge on any atom is 0.347 e. The Morgan fingerprint density at radius 2 is 1.72 bits per heavy atom. The molecule has 10 heteroatoms. The van der Waals surface area contributed by atoms with Gasteiger partial charge in [0.2, 0.25) is 6.04 Å². The zero-order valence-corrected chi connectivity index (χ0v) is 13.6. The fourth-order valence-electron chi connectivity index (χ4n) is 6.54. The van der Waals surface area contributed by atoms with Crippen LogP contribution in [0.4, 0.5) is 0 Å². The molecule has 8 rings (SSSR count). The maximum absolute atomic E-state index is 12.7. The summed E-state index contributed by atoms with van der Waals surface area (Å²) in [5, 5.41) is 13.2. The van der Waals surface area contributed by atoms with Gasteiger partial charge in [0.15, 0.2) is 0 Å². The van der Waals surface area contributed by atoms with Crippen LogP contribution in [0, 0.1) is 20.9 Å². The van der Waals surface area contributed by atoms with Crippen molar-refractivity contribution in [2.45, 2.75) is 37.0 Å². The third-order valence-corrected chi connectivity index (χ3v) is 7.43. The summed E-state index contributed by atoms with van der Waals surface area (Å²) in [6.07, 6.45) is 5.03. The van der Waals surface area contributed by atoms with Crippen LogP contribution >= 0.6 is 0 Å². The van der Waals surface area contributed by atoms with E-state index in [1.165, 1.54) is 16.4 Å². The minimum atomic E-state index is -0.657. The van der Waals surface area contributed by atoms with Gasteiger partial charge in [-0.15, -0.1) is 0 Å². The molecule has 1 aromatic rings. The zero-order chi connectivity index (χ0) is 17.3. The molecule has 0 unspecified atom stereocenters. The number of rotatable bonds is 0. The lowest BCUT2D eigenvalue weighted by atomic mass is 9.44. The minimum absolute atomic E-state index is 0.321. The third-order valence-electron chi connectivity index (χ3n) is 7.43. The summed E-state index contributed by atoms with van der Waals surface area (Å²) in [7, 11) is 1.46. The average molecular weight is 347 g/mol. The highest BCUT2D eigenvalue weighted by Crippen LogP contribution is 2.71. The Bertz CT molecular complexity index is 989. The van der Waals surface area contributed by atoms with Crippen LogP contribution in [0.15, 0.2) is 21.7 Å². The Labute approximate surface area is 141 Å². The first-order valence-corrected chi connectivity index (χ1v) is 8.55.